The van der Waals surface area contributed by atoms with Gasteiger partial charge < -0.3 is 14.8 Å². The van der Waals surface area contributed by atoms with E-state index in [0.717, 1.165) is 0 Å². The molecule has 0 unspecified atom stereocenters. The van der Waals surface area contributed by atoms with Gasteiger partial charge in [0.2, 0.25) is 0 Å². The Morgan fingerprint density at radius 2 is 1.81 bits per heavy atom. The lowest BCUT2D eigenvalue weighted by Gasteiger charge is -2.13. The molecule has 0 bridgehead atoms. The standard InChI is InChI=1S/C20H18Cl2N2O3/c1-3-26-18-9-13(17(22)11-19(18)27-4-2)8-14(12-23)20(25)24-16-7-5-6-15(21)10-16/h5-11H,3-4H2,1-2H3,(H,24,25)/b14-8+. The van der Waals surface area contributed by atoms with Crippen LogP contribution >= 0.6 is 23.2 Å². The second kappa shape index (κ2) is 9.86. The fraction of sp³-hybridized carbons (Fsp3) is 0.200. The van der Waals surface area contributed by atoms with Gasteiger partial charge in [0.1, 0.15) is 11.6 Å². The Kier molecular flexibility index (Phi) is 7.54. The molecule has 0 fully saturated rings. The van der Waals surface area contributed by atoms with E-state index in [1.165, 1.54) is 6.08 Å². The monoisotopic (exact) mass is 404 g/mol. The summed E-state index contributed by atoms with van der Waals surface area (Å²) in [5, 5.41) is 12.8. The highest BCUT2D eigenvalue weighted by Crippen LogP contribution is 2.34. The Hall–Kier alpha value is -2.68. The fourth-order valence-corrected chi connectivity index (χ4v) is 2.67. The van der Waals surface area contributed by atoms with Gasteiger partial charge in [0.25, 0.3) is 5.91 Å². The first kappa shape index (κ1) is 20.6. The highest BCUT2D eigenvalue weighted by molar-refractivity contribution is 6.32. The number of hydrogen-bond acceptors (Lipinski definition) is 4. The molecule has 1 amide bonds. The van der Waals surface area contributed by atoms with Crippen molar-refractivity contribution >= 4 is 40.9 Å². The van der Waals surface area contributed by atoms with Crippen molar-refractivity contribution in [3.63, 3.8) is 0 Å². The topological polar surface area (TPSA) is 71.3 Å². The van der Waals surface area contributed by atoms with E-state index in [0.29, 0.717) is 46.0 Å². The van der Waals surface area contributed by atoms with E-state index in [1.54, 1.807) is 36.4 Å². The molecule has 5 nitrogen and oxygen atoms in total. The number of rotatable bonds is 7. The number of anilines is 1. The second-order valence-electron chi connectivity index (χ2n) is 5.32. The largest absolute Gasteiger partial charge is 0.490 e. The summed E-state index contributed by atoms with van der Waals surface area (Å²) < 4.78 is 11.1. The second-order valence-corrected chi connectivity index (χ2v) is 6.16. The van der Waals surface area contributed by atoms with E-state index in [2.05, 4.69) is 5.32 Å². The van der Waals surface area contributed by atoms with E-state index in [4.69, 9.17) is 32.7 Å². The lowest BCUT2D eigenvalue weighted by molar-refractivity contribution is -0.112. The van der Waals surface area contributed by atoms with Crippen molar-refractivity contribution in [2.75, 3.05) is 18.5 Å². The number of nitrogens with one attached hydrogen (secondary N) is 1. The number of halogens is 2. The molecule has 2 rings (SSSR count). The highest BCUT2D eigenvalue weighted by atomic mass is 35.5. The summed E-state index contributed by atoms with van der Waals surface area (Å²) in [7, 11) is 0. The number of carbonyl (C=O) groups excluding carboxylic acids is 1. The van der Waals surface area contributed by atoms with E-state index in [-0.39, 0.29) is 5.57 Å². The number of ether oxygens (including phenoxy) is 2. The van der Waals surface area contributed by atoms with Crippen LogP contribution in [0, 0.1) is 11.3 Å². The Morgan fingerprint density at radius 1 is 1.15 bits per heavy atom. The van der Waals surface area contributed by atoms with Gasteiger partial charge in [0.15, 0.2) is 11.5 Å². The van der Waals surface area contributed by atoms with Crippen molar-refractivity contribution in [1.82, 2.24) is 0 Å². The van der Waals surface area contributed by atoms with Crippen LogP contribution in [0.5, 0.6) is 11.5 Å². The normalized spacial score (nSPS) is 10.9. The summed E-state index contributed by atoms with van der Waals surface area (Å²) in [6.45, 7) is 4.59. The van der Waals surface area contributed by atoms with Crippen molar-refractivity contribution < 1.29 is 14.3 Å². The number of amides is 1. The number of carbonyl (C=O) groups is 1. The van der Waals surface area contributed by atoms with Crippen LogP contribution in [0.3, 0.4) is 0 Å². The zero-order valence-corrected chi connectivity index (χ0v) is 16.4. The molecule has 0 aliphatic rings. The quantitative estimate of drug-likeness (QED) is 0.499. The predicted molar refractivity (Wildman–Crippen MR) is 107 cm³/mol. The van der Waals surface area contributed by atoms with E-state index in [9.17, 15) is 10.1 Å². The number of benzene rings is 2. The van der Waals surface area contributed by atoms with Crippen molar-refractivity contribution in [3.8, 4) is 17.6 Å². The molecule has 140 valence electrons. The Morgan fingerprint density at radius 3 is 2.41 bits per heavy atom. The zero-order chi connectivity index (χ0) is 19.8. The van der Waals surface area contributed by atoms with Crippen molar-refractivity contribution in [3.05, 3.63) is 57.6 Å². The van der Waals surface area contributed by atoms with Crippen molar-refractivity contribution in [1.29, 1.82) is 5.26 Å². The third-order valence-corrected chi connectivity index (χ3v) is 3.97. The molecule has 0 atom stereocenters. The van der Waals surface area contributed by atoms with Crippen LogP contribution in [0.25, 0.3) is 6.08 Å². The van der Waals surface area contributed by atoms with Gasteiger partial charge in [-0.2, -0.15) is 5.26 Å². The molecule has 2 aromatic rings. The van der Waals surface area contributed by atoms with Gasteiger partial charge in [-0.3, -0.25) is 4.79 Å². The van der Waals surface area contributed by atoms with E-state index >= 15 is 0 Å². The van der Waals surface area contributed by atoms with Crippen LogP contribution in [-0.2, 0) is 4.79 Å². The minimum absolute atomic E-state index is 0.108. The van der Waals surface area contributed by atoms with Crippen LogP contribution in [0.15, 0.2) is 42.0 Å². The number of hydrogen-bond donors (Lipinski definition) is 1. The average Bonchev–Trinajstić information content (AvgIpc) is 2.63. The van der Waals surface area contributed by atoms with Gasteiger partial charge in [-0.1, -0.05) is 29.3 Å². The maximum absolute atomic E-state index is 12.4. The minimum Gasteiger partial charge on any atom is -0.490 e. The fourth-order valence-electron chi connectivity index (χ4n) is 2.27. The lowest BCUT2D eigenvalue weighted by Crippen LogP contribution is -2.13. The van der Waals surface area contributed by atoms with Gasteiger partial charge in [0, 0.05) is 16.8 Å². The molecule has 0 radical (unpaired) electrons. The average molecular weight is 405 g/mol. The molecule has 0 saturated heterocycles. The summed E-state index contributed by atoms with van der Waals surface area (Å²) in [4.78, 5) is 12.4. The molecule has 1 N–H and O–H groups in total. The first-order chi connectivity index (χ1) is 13.0. The Balaban J connectivity index is 2.34. The summed E-state index contributed by atoms with van der Waals surface area (Å²) in [6.07, 6.45) is 1.40. The molecular formula is C20H18Cl2N2O3. The van der Waals surface area contributed by atoms with Gasteiger partial charge in [-0.05, 0) is 49.8 Å². The first-order valence-corrected chi connectivity index (χ1v) is 9.01. The first-order valence-electron chi connectivity index (χ1n) is 8.26. The summed E-state index contributed by atoms with van der Waals surface area (Å²) in [5.74, 6) is 0.425. The van der Waals surface area contributed by atoms with E-state index in [1.807, 2.05) is 19.9 Å². The number of nitriles is 1. The molecule has 0 heterocycles. The third kappa shape index (κ3) is 5.65. The SMILES string of the molecule is CCOc1cc(Cl)c(/C=C(\C#N)C(=O)Nc2cccc(Cl)c2)cc1OCC. The van der Waals surface area contributed by atoms with Gasteiger partial charge >= 0.3 is 0 Å². The van der Waals surface area contributed by atoms with Crippen molar-refractivity contribution in [2.45, 2.75) is 13.8 Å². The molecular weight excluding hydrogens is 387 g/mol. The van der Waals surface area contributed by atoms with Crippen LogP contribution in [0.2, 0.25) is 10.0 Å². The van der Waals surface area contributed by atoms with Crippen LogP contribution in [0.1, 0.15) is 19.4 Å². The molecule has 0 aliphatic carbocycles. The maximum Gasteiger partial charge on any atom is 0.266 e. The predicted octanol–water partition coefficient (Wildman–Crippen LogP) is 5.34. The lowest BCUT2D eigenvalue weighted by atomic mass is 10.1. The Bertz CT molecular complexity index is 905. The minimum atomic E-state index is -0.567. The third-order valence-electron chi connectivity index (χ3n) is 3.41. The van der Waals surface area contributed by atoms with Gasteiger partial charge in [-0.15, -0.1) is 0 Å². The van der Waals surface area contributed by atoms with Crippen LogP contribution < -0.4 is 14.8 Å². The molecule has 2 aromatic carbocycles. The van der Waals surface area contributed by atoms with Crippen LogP contribution in [-0.4, -0.2) is 19.1 Å². The number of nitrogens with zero attached hydrogens (tertiary/aromatic N) is 1. The molecule has 27 heavy (non-hydrogen) atoms. The summed E-state index contributed by atoms with van der Waals surface area (Å²) >= 11 is 12.2. The van der Waals surface area contributed by atoms with Gasteiger partial charge in [-0.25, -0.2) is 0 Å². The summed E-state index contributed by atoms with van der Waals surface area (Å²) in [6, 6.07) is 11.8. The maximum atomic E-state index is 12.4. The van der Waals surface area contributed by atoms with Gasteiger partial charge in [0.05, 0.1) is 18.2 Å². The zero-order valence-electron chi connectivity index (χ0n) is 14.9. The molecule has 7 heteroatoms. The highest BCUT2D eigenvalue weighted by Gasteiger charge is 2.14. The summed E-state index contributed by atoms with van der Waals surface area (Å²) in [5.41, 5.74) is 0.853. The smallest absolute Gasteiger partial charge is 0.266 e. The van der Waals surface area contributed by atoms with Crippen molar-refractivity contribution in [2.24, 2.45) is 0 Å². The molecule has 0 aromatic heterocycles. The molecule has 0 spiro atoms. The molecule has 0 aliphatic heterocycles. The van der Waals surface area contributed by atoms with Crippen LogP contribution in [0.4, 0.5) is 5.69 Å². The Labute approximate surface area is 168 Å². The van der Waals surface area contributed by atoms with E-state index < -0.39 is 5.91 Å². The molecule has 0 saturated carbocycles.